The van der Waals surface area contributed by atoms with E-state index in [0.717, 1.165) is 17.7 Å². The van der Waals surface area contributed by atoms with E-state index in [-0.39, 0.29) is 11.6 Å². The highest BCUT2D eigenvalue weighted by Crippen LogP contribution is 2.31. The summed E-state index contributed by atoms with van der Waals surface area (Å²) in [4.78, 5) is 2.20. The molecule has 2 atom stereocenters. The van der Waals surface area contributed by atoms with E-state index in [0.29, 0.717) is 6.61 Å². The van der Waals surface area contributed by atoms with Gasteiger partial charge in [-0.25, -0.2) is 0 Å². The number of benzene rings is 1. The van der Waals surface area contributed by atoms with Crippen LogP contribution in [-0.4, -0.2) is 31.1 Å². The van der Waals surface area contributed by atoms with Crippen LogP contribution in [0.3, 0.4) is 0 Å². The number of rotatable bonds is 6. The molecule has 1 aromatic rings. The van der Waals surface area contributed by atoms with Gasteiger partial charge in [0, 0.05) is 11.6 Å². The minimum Gasteiger partial charge on any atom is -0.494 e. The number of nitrogens with two attached hydrogens (primary N) is 1. The van der Waals surface area contributed by atoms with E-state index in [1.807, 2.05) is 19.1 Å². The van der Waals surface area contributed by atoms with Crippen molar-refractivity contribution in [3.05, 3.63) is 29.8 Å². The van der Waals surface area contributed by atoms with Crippen LogP contribution >= 0.6 is 0 Å². The molecule has 18 heavy (non-hydrogen) atoms. The van der Waals surface area contributed by atoms with E-state index in [1.165, 1.54) is 0 Å². The topological polar surface area (TPSA) is 38.5 Å². The third-order valence-electron chi connectivity index (χ3n) is 3.96. The Balaban J connectivity index is 2.92. The van der Waals surface area contributed by atoms with Crippen LogP contribution in [0.4, 0.5) is 0 Å². The lowest BCUT2D eigenvalue weighted by molar-refractivity contribution is 0.132. The normalized spacial score (nSPS) is 16.4. The Morgan fingerprint density at radius 3 is 2.17 bits per heavy atom. The Labute approximate surface area is 111 Å². The standard InChI is InChI=1S/C15H26N2O/c1-6-15(3,17(4)5)14(16)12-8-10-13(11-9-12)18-7-2/h8-11,14H,6-7,16H2,1-5H3. The molecule has 2 unspecified atom stereocenters. The average Bonchev–Trinajstić information content (AvgIpc) is 2.38. The van der Waals surface area contributed by atoms with Crippen molar-refractivity contribution in [2.24, 2.45) is 5.73 Å². The first-order valence-electron chi connectivity index (χ1n) is 6.61. The third kappa shape index (κ3) is 3.03. The molecule has 0 radical (unpaired) electrons. The Bertz CT molecular complexity index is 361. The number of nitrogens with zero attached hydrogens (tertiary/aromatic N) is 1. The first-order valence-corrected chi connectivity index (χ1v) is 6.61. The van der Waals surface area contributed by atoms with E-state index in [4.69, 9.17) is 10.5 Å². The van der Waals surface area contributed by atoms with Crippen molar-refractivity contribution in [1.29, 1.82) is 0 Å². The van der Waals surface area contributed by atoms with Crippen LogP contribution in [0.5, 0.6) is 5.75 Å². The molecular weight excluding hydrogens is 224 g/mol. The van der Waals surface area contributed by atoms with Gasteiger partial charge < -0.3 is 15.4 Å². The van der Waals surface area contributed by atoms with Gasteiger partial charge in [-0.1, -0.05) is 19.1 Å². The summed E-state index contributed by atoms with van der Waals surface area (Å²) >= 11 is 0. The van der Waals surface area contributed by atoms with Gasteiger partial charge in [0.15, 0.2) is 0 Å². The maximum absolute atomic E-state index is 6.43. The van der Waals surface area contributed by atoms with Gasteiger partial charge in [-0.15, -0.1) is 0 Å². The highest BCUT2D eigenvalue weighted by molar-refractivity contribution is 5.30. The van der Waals surface area contributed by atoms with Gasteiger partial charge >= 0.3 is 0 Å². The van der Waals surface area contributed by atoms with Crippen LogP contribution < -0.4 is 10.5 Å². The maximum atomic E-state index is 6.43. The van der Waals surface area contributed by atoms with Crippen LogP contribution in [0.15, 0.2) is 24.3 Å². The minimum atomic E-state index is -0.0346. The lowest BCUT2D eigenvalue weighted by Crippen LogP contribution is -2.49. The van der Waals surface area contributed by atoms with Gasteiger partial charge in [0.1, 0.15) is 5.75 Å². The number of hydrogen-bond acceptors (Lipinski definition) is 3. The van der Waals surface area contributed by atoms with E-state index in [9.17, 15) is 0 Å². The first-order chi connectivity index (χ1) is 8.45. The zero-order valence-corrected chi connectivity index (χ0v) is 12.2. The van der Waals surface area contributed by atoms with Gasteiger partial charge in [-0.2, -0.15) is 0 Å². The molecule has 0 bridgehead atoms. The molecule has 0 amide bonds. The van der Waals surface area contributed by atoms with Gasteiger partial charge in [0.25, 0.3) is 0 Å². The second-order valence-electron chi connectivity index (χ2n) is 5.08. The summed E-state index contributed by atoms with van der Waals surface area (Å²) in [6.07, 6.45) is 1.01. The average molecular weight is 250 g/mol. The van der Waals surface area contributed by atoms with Crippen molar-refractivity contribution < 1.29 is 4.74 Å². The van der Waals surface area contributed by atoms with E-state index >= 15 is 0 Å². The predicted molar refractivity (Wildman–Crippen MR) is 76.9 cm³/mol. The van der Waals surface area contributed by atoms with Gasteiger partial charge in [0.05, 0.1) is 6.61 Å². The van der Waals surface area contributed by atoms with Crippen LogP contribution in [0.25, 0.3) is 0 Å². The fraction of sp³-hybridized carbons (Fsp3) is 0.600. The van der Waals surface area contributed by atoms with Crippen LogP contribution in [0.1, 0.15) is 38.8 Å². The minimum absolute atomic E-state index is 0.00632. The molecule has 2 N–H and O–H groups in total. The monoisotopic (exact) mass is 250 g/mol. The second kappa shape index (κ2) is 6.21. The molecule has 3 heteroatoms. The van der Waals surface area contributed by atoms with Crippen molar-refractivity contribution in [3.63, 3.8) is 0 Å². The number of hydrogen-bond donors (Lipinski definition) is 1. The number of likely N-dealkylation sites (N-methyl/N-ethyl adjacent to an activating group) is 1. The van der Waals surface area contributed by atoms with Crippen molar-refractivity contribution in [1.82, 2.24) is 4.90 Å². The summed E-state index contributed by atoms with van der Waals surface area (Å²) < 4.78 is 5.45. The summed E-state index contributed by atoms with van der Waals surface area (Å²) in [6, 6.07) is 8.10. The molecule has 0 aliphatic rings. The molecule has 0 aromatic heterocycles. The Morgan fingerprint density at radius 1 is 1.22 bits per heavy atom. The van der Waals surface area contributed by atoms with Crippen molar-refractivity contribution >= 4 is 0 Å². The molecule has 102 valence electrons. The highest BCUT2D eigenvalue weighted by atomic mass is 16.5. The molecule has 1 rings (SSSR count). The van der Waals surface area contributed by atoms with Crippen molar-refractivity contribution in [2.45, 2.75) is 38.8 Å². The molecule has 3 nitrogen and oxygen atoms in total. The van der Waals surface area contributed by atoms with Gasteiger partial charge in [-0.05, 0) is 52.1 Å². The second-order valence-corrected chi connectivity index (χ2v) is 5.08. The van der Waals surface area contributed by atoms with Crippen LogP contribution in [0.2, 0.25) is 0 Å². The fourth-order valence-corrected chi connectivity index (χ4v) is 2.11. The summed E-state index contributed by atoms with van der Waals surface area (Å²) in [6.45, 7) is 7.05. The zero-order valence-electron chi connectivity index (χ0n) is 12.2. The van der Waals surface area contributed by atoms with E-state index in [2.05, 4.69) is 45.0 Å². The summed E-state index contributed by atoms with van der Waals surface area (Å²) in [5.74, 6) is 0.900. The molecule has 1 aromatic carbocycles. The Kier molecular flexibility index (Phi) is 5.17. The molecule has 0 saturated heterocycles. The molecule has 0 saturated carbocycles. The van der Waals surface area contributed by atoms with Crippen molar-refractivity contribution in [2.75, 3.05) is 20.7 Å². The lowest BCUT2D eigenvalue weighted by Gasteiger charge is -2.41. The van der Waals surface area contributed by atoms with E-state index in [1.54, 1.807) is 0 Å². The zero-order chi connectivity index (χ0) is 13.8. The van der Waals surface area contributed by atoms with Crippen LogP contribution in [0, 0.1) is 0 Å². The molecule has 0 spiro atoms. The van der Waals surface area contributed by atoms with Gasteiger partial charge in [-0.3, -0.25) is 0 Å². The summed E-state index contributed by atoms with van der Waals surface area (Å²) in [5.41, 5.74) is 7.54. The lowest BCUT2D eigenvalue weighted by atomic mass is 9.84. The number of ether oxygens (including phenoxy) is 1. The fourth-order valence-electron chi connectivity index (χ4n) is 2.11. The van der Waals surface area contributed by atoms with Gasteiger partial charge in [0.2, 0.25) is 0 Å². The van der Waals surface area contributed by atoms with Crippen LogP contribution in [-0.2, 0) is 0 Å². The molecule has 0 aliphatic heterocycles. The third-order valence-corrected chi connectivity index (χ3v) is 3.96. The smallest absolute Gasteiger partial charge is 0.119 e. The summed E-state index contributed by atoms with van der Waals surface area (Å²) in [7, 11) is 4.16. The molecular formula is C15H26N2O. The quantitative estimate of drug-likeness (QED) is 0.843. The highest BCUT2D eigenvalue weighted by Gasteiger charge is 2.33. The van der Waals surface area contributed by atoms with E-state index < -0.39 is 0 Å². The predicted octanol–water partition coefficient (Wildman–Crippen LogP) is 2.82. The summed E-state index contributed by atoms with van der Waals surface area (Å²) in [5, 5.41) is 0. The Hall–Kier alpha value is -1.06. The molecule has 0 heterocycles. The SMILES string of the molecule is CCOc1ccc(C(N)C(C)(CC)N(C)C)cc1. The first kappa shape index (κ1) is 15.0. The molecule has 0 fully saturated rings. The molecule has 0 aliphatic carbocycles. The maximum Gasteiger partial charge on any atom is 0.119 e. The van der Waals surface area contributed by atoms with Crippen molar-refractivity contribution in [3.8, 4) is 5.75 Å². The largest absolute Gasteiger partial charge is 0.494 e. The Morgan fingerprint density at radius 2 is 1.78 bits per heavy atom.